The van der Waals surface area contributed by atoms with E-state index in [9.17, 15) is 5.11 Å². The van der Waals surface area contributed by atoms with Gasteiger partial charge in [0.1, 0.15) is 12.6 Å². The highest BCUT2D eigenvalue weighted by Crippen LogP contribution is 2.19. The lowest BCUT2D eigenvalue weighted by Gasteiger charge is -2.22. The summed E-state index contributed by atoms with van der Waals surface area (Å²) in [6, 6.07) is 22.2. The van der Waals surface area contributed by atoms with Crippen LogP contribution in [0.2, 0.25) is 0 Å². The summed E-state index contributed by atoms with van der Waals surface area (Å²) < 4.78 is 0. The average molecular weight is 437 g/mol. The quantitative estimate of drug-likeness (QED) is 0.629. The predicted molar refractivity (Wildman–Crippen MR) is 117 cm³/mol. The first-order chi connectivity index (χ1) is 13.8. The summed E-state index contributed by atoms with van der Waals surface area (Å²) in [4.78, 5) is 4.03. The van der Waals surface area contributed by atoms with E-state index in [4.69, 9.17) is 11.6 Å². The summed E-state index contributed by atoms with van der Waals surface area (Å²) in [6.07, 6.45) is 4.99. The fourth-order valence-electron chi connectivity index (χ4n) is 4.39. The Kier molecular flexibility index (Phi) is 11.0. The van der Waals surface area contributed by atoms with Crippen molar-refractivity contribution in [2.75, 3.05) is 25.6 Å². The van der Waals surface area contributed by atoms with Crippen molar-refractivity contribution in [1.82, 2.24) is 4.90 Å². The number of benzene rings is 2. The third kappa shape index (κ3) is 7.58. The Bertz CT molecular complexity index is 612. The molecule has 0 aliphatic carbocycles. The summed E-state index contributed by atoms with van der Waals surface area (Å²) in [5, 5.41) is 9.17. The number of halogens is 2. The lowest BCUT2D eigenvalue weighted by atomic mass is 10.2. The van der Waals surface area contributed by atoms with E-state index in [1.807, 2.05) is 6.07 Å². The summed E-state index contributed by atoms with van der Waals surface area (Å²) in [5.74, 6) is 0.808. The van der Waals surface area contributed by atoms with E-state index in [-0.39, 0.29) is 12.4 Å². The standard InChI is InChI=1S/C12H16ClN.C12H17NO.ClH/c13-9-12-7-4-8-14(12)10-11-5-2-1-3-6-11;14-10-12-7-4-8-13(12)9-11-5-2-1-3-6-11;/h1-3,5-6,12H,4,7-10H2;1-3,5-6,12,14H,4,7-10H2;1H. The minimum absolute atomic E-state index is 0. The molecule has 160 valence electrons. The Labute approximate surface area is 187 Å². The third-order valence-electron chi connectivity index (χ3n) is 6.03. The molecule has 2 saturated heterocycles. The molecule has 0 radical (unpaired) electrons. The highest BCUT2D eigenvalue weighted by molar-refractivity contribution is 6.18. The first kappa shape index (κ1) is 24.2. The monoisotopic (exact) mass is 436 g/mol. The van der Waals surface area contributed by atoms with Crippen LogP contribution in [0.15, 0.2) is 60.7 Å². The molecule has 3 unspecified atom stereocenters. The van der Waals surface area contributed by atoms with Crippen molar-refractivity contribution >= 4 is 11.6 Å². The van der Waals surface area contributed by atoms with Gasteiger partial charge in [-0.25, -0.2) is 0 Å². The second-order valence-electron chi connectivity index (χ2n) is 8.00. The van der Waals surface area contributed by atoms with Gasteiger partial charge in [-0.05, 0) is 24.9 Å². The van der Waals surface area contributed by atoms with Gasteiger partial charge in [0.05, 0.1) is 19.0 Å². The molecule has 29 heavy (non-hydrogen) atoms. The topological polar surface area (TPSA) is 27.9 Å². The number of likely N-dealkylation sites (tertiary alicyclic amines) is 2. The van der Waals surface area contributed by atoms with Crippen LogP contribution in [0.25, 0.3) is 0 Å². The molecule has 2 heterocycles. The molecule has 3 atom stereocenters. The maximum atomic E-state index is 9.17. The zero-order chi connectivity index (χ0) is 19.6. The lowest BCUT2D eigenvalue weighted by molar-refractivity contribution is -0.923. The second-order valence-corrected chi connectivity index (χ2v) is 8.31. The lowest BCUT2D eigenvalue weighted by Crippen LogP contribution is -3.12. The highest BCUT2D eigenvalue weighted by atomic mass is 35.5. The number of alkyl halides is 1. The van der Waals surface area contributed by atoms with Gasteiger partial charge in [-0.3, -0.25) is 4.90 Å². The van der Waals surface area contributed by atoms with Crippen molar-refractivity contribution < 1.29 is 22.4 Å². The van der Waals surface area contributed by atoms with Crippen molar-refractivity contribution in [2.45, 2.75) is 50.9 Å². The molecule has 2 N–H and O–H groups in total. The number of aliphatic hydroxyl groups excluding tert-OH is 1. The largest absolute Gasteiger partial charge is 1.00 e. The molecule has 0 spiro atoms. The molecule has 0 saturated carbocycles. The zero-order valence-corrected chi connectivity index (χ0v) is 18.7. The van der Waals surface area contributed by atoms with Gasteiger partial charge in [0.15, 0.2) is 0 Å². The Balaban J connectivity index is 0.000000200. The summed E-state index contributed by atoms with van der Waals surface area (Å²) in [5.41, 5.74) is 2.77. The highest BCUT2D eigenvalue weighted by Gasteiger charge is 2.27. The molecule has 4 rings (SSSR count). The maximum absolute atomic E-state index is 9.17. The molecular weight excluding hydrogens is 403 g/mol. The van der Waals surface area contributed by atoms with Crippen LogP contribution in [-0.4, -0.2) is 47.7 Å². The van der Waals surface area contributed by atoms with Crippen molar-refractivity contribution in [3.05, 3.63) is 71.8 Å². The normalized spacial score (nSPS) is 23.9. The van der Waals surface area contributed by atoms with Gasteiger partial charge in [0, 0.05) is 31.0 Å². The first-order valence-corrected chi connectivity index (χ1v) is 11.2. The van der Waals surface area contributed by atoms with E-state index in [2.05, 4.69) is 59.5 Å². The fraction of sp³-hybridized carbons (Fsp3) is 0.500. The van der Waals surface area contributed by atoms with Crippen molar-refractivity contribution in [3.8, 4) is 0 Å². The number of hydrogen-bond acceptors (Lipinski definition) is 2. The molecule has 2 aliphatic rings. The van der Waals surface area contributed by atoms with Crippen LogP contribution >= 0.6 is 11.6 Å². The summed E-state index contributed by atoms with van der Waals surface area (Å²) in [7, 11) is 0. The van der Waals surface area contributed by atoms with E-state index in [0.29, 0.717) is 18.7 Å². The Hall–Kier alpha value is -1.10. The summed E-state index contributed by atoms with van der Waals surface area (Å²) in [6.45, 7) is 4.82. The Morgan fingerprint density at radius 1 is 0.931 bits per heavy atom. The van der Waals surface area contributed by atoms with Gasteiger partial charge in [0.2, 0.25) is 0 Å². The molecule has 2 aliphatic heterocycles. The summed E-state index contributed by atoms with van der Waals surface area (Å²) >= 11 is 5.95. The van der Waals surface area contributed by atoms with Gasteiger partial charge < -0.3 is 22.4 Å². The molecule has 2 aromatic rings. The molecule has 0 aromatic heterocycles. The van der Waals surface area contributed by atoms with Crippen molar-refractivity contribution in [3.63, 3.8) is 0 Å². The van der Waals surface area contributed by atoms with E-state index in [0.717, 1.165) is 31.9 Å². The second kappa shape index (κ2) is 13.3. The van der Waals surface area contributed by atoms with Crippen LogP contribution in [-0.2, 0) is 13.1 Å². The first-order valence-electron chi connectivity index (χ1n) is 10.6. The average Bonchev–Trinajstić information content (AvgIpc) is 3.39. The molecule has 2 fully saturated rings. The number of nitrogens with zero attached hydrogens (tertiary/aromatic N) is 1. The van der Waals surface area contributed by atoms with Crippen molar-refractivity contribution in [2.24, 2.45) is 0 Å². The van der Waals surface area contributed by atoms with Gasteiger partial charge in [-0.15, -0.1) is 11.6 Å². The van der Waals surface area contributed by atoms with Crippen LogP contribution in [0, 0.1) is 0 Å². The van der Waals surface area contributed by atoms with Gasteiger partial charge in [-0.1, -0.05) is 60.7 Å². The minimum Gasteiger partial charge on any atom is -1.00 e. The third-order valence-corrected chi connectivity index (χ3v) is 6.40. The Morgan fingerprint density at radius 3 is 2.21 bits per heavy atom. The maximum Gasteiger partial charge on any atom is 0.103 e. The van der Waals surface area contributed by atoms with Gasteiger partial charge in [-0.2, -0.15) is 0 Å². The SMILES string of the molecule is ClCC1CCC[NH+]1Cc1ccccc1.OCC1CCCN1Cc1ccccc1.[Cl-]. The van der Waals surface area contributed by atoms with Crippen LogP contribution < -0.4 is 17.3 Å². The Morgan fingerprint density at radius 2 is 1.59 bits per heavy atom. The zero-order valence-electron chi connectivity index (χ0n) is 17.1. The molecule has 5 heteroatoms. The van der Waals surface area contributed by atoms with Crippen LogP contribution in [0.3, 0.4) is 0 Å². The molecule has 0 amide bonds. The minimum atomic E-state index is 0. The smallest absolute Gasteiger partial charge is 0.103 e. The van der Waals surface area contributed by atoms with Crippen LogP contribution in [0.5, 0.6) is 0 Å². The number of hydrogen-bond donors (Lipinski definition) is 2. The molecular formula is C24H34Cl2N2O. The molecule has 3 nitrogen and oxygen atoms in total. The molecule has 0 bridgehead atoms. The van der Waals surface area contributed by atoms with E-state index in [1.54, 1.807) is 4.90 Å². The predicted octanol–water partition coefficient (Wildman–Crippen LogP) is 0.120. The van der Waals surface area contributed by atoms with Gasteiger partial charge >= 0.3 is 0 Å². The number of quaternary nitrogens is 1. The van der Waals surface area contributed by atoms with E-state index >= 15 is 0 Å². The molecule has 2 aromatic carbocycles. The fourth-order valence-corrected chi connectivity index (χ4v) is 4.76. The van der Waals surface area contributed by atoms with E-state index in [1.165, 1.54) is 36.9 Å². The number of nitrogens with one attached hydrogen (secondary N) is 1. The van der Waals surface area contributed by atoms with Crippen molar-refractivity contribution in [1.29, 1.82) is 0 Å². The van der Waals surface area contributed by atoms with Gasteiger partial charge in [0.25, 0.3) is 0 Å². The van der Waals surface area contributed by atoms with Crippen LogP contribution in [0.1, 0.15) is 36.8 Å². The van der Waals surface area contributed by atoms with E-state index < -0.39 is 0 Å². The number of rotatable bonds is 6. The number of aliphatic hydroxyl groups is 1. The van der Waals surface area contributed by atoms with Crippen LogP contribution in [0.4, 0.5) is 0 Å².